The highest BCUT2D eigenvalue weighted by atomic mass is 16.5. The number of allylic oxidation sites excluding steroid dienone is 1. The lowest BCUT2D eigenvalue weighted by Crippen LogP contribution is -2.08. The zero-order chi connectivity index (χ0) is 12.0. The summed E-state index contributed by atoms with van der Waals surface area (Å²) < 4.78 is 10.8. The van der Waals surface area contributed by atoms with E-state index in [9.17, 15) is 0 Å². The molecule has 1 aromatic rings. The van der Waals surface area contributed by atoms with E-state index in [-0.39, 0.29) is 0 Å². The third-order valence-electron chi connectivity index (χ3n) is 2.29. The molecular formula is C14H20O2. The van der Waals surface area contributed by atoms with Crippen molar-refractivity contribution in [1.29, 1.82) is 0 Å². The predicted molar refractivity (Wildman–Crippen MR) is 67.1 cm³/mol. The Hall–Kier alpha value is -1.44. The van der Waals surface area contributed by atoms with E-state index in [2.05, 4.69) is 13.5 Å². The largest absolute Gasteiger partial charge is 0.497 e. The Balaban J connectivity index is 2.39. The molecule has 2 nitrogen and oxygen atoms in total. The Kier molecular flexibility index (Phi) is 4.90. The van der Waals surface area contributed by atoms with Crippen LogP contribution in [0.25, 0.3) is 0 Å². The van der Waals surface area contributed by atoms with Crippen LogP contribution in [-0.4, -0.2) is 13.7 Å². The molecule has 0 N–H and O–H groups in total. The Labute approximate surface area is 97.9 Å². The van der Waals surface area contributed by atoms with Crippen LogP contribution in [0.5, 0.6) is 11.5 Å². The van der Waals surface area contributed by atoms with Gasteiger partial charge in [0.25, 0.3) is 0 Å². The van der Waals surface area contributed by atoms with Crippen molar-refractivity contribution in [3.05, 3.63) is 36.4 Å². The summed E-state index contributed by atoms with van der Waals surface area (Å²) in [6.07, 6.45) is 1.01. The molecule has 88 valence electrons. The summed E-state index contributed by atoms with van der Waals surface area (Å²) >= 11 is 0. The second-order valence-corrected chi connectivity index (χ2v) is 4.25. The van der Waals surface area contributed by atoms with Gasteiger partial charge in [0.1, 0.15) is 11.5 Å². The lowest BCUT2D eigenvalue weighted by Gasteiger charge is -2.13. The standard InChI is InChI=1S/C14H20O2/c1-11(2)9-12(3)10-16-14-7-5-13(15-4)6-8-14/h5-8,12H,1,9-10H2,2-4H3/t12-/m1/s1. The van der Waals surface area contributed by atoms with E-state index in [0.717, 1.165) is 24.5 Å². The maximum atomic E-state index is 5.67. The van der Waals surface area contributed by atoms with Crippen molar-refractivity contribution in [2.75, 3.05) is 13.7 Å². The number of methoxy groups -OCH3 is 1. The zero-order valence-electron chi connectivity index (χ0n) is 10.3. The Morgan fingerprint density at radius 2 is 1.81 bits per heavy atom. The van der Waals surface area contributed by atoms with Crippen molar-refractivity contribution in [2.24, 2.45) is 5.92 Å². The molecule has 0 saturated heterocycles. The first-order valence-corrected chi connectivity index (χ1v) is 5.53. The molecule has 1 aromatic carbocycles. The van der Waals surface area contributed by atoms with Crippen LogP contribution in [0, 0.1) is 5.92 Å². The molecule has 1 atom stereocenters. The summed E-state index contributed by atoms with van der Waals surface area (Å²) in [5.74, 6) is 2.23. The summed E-state index contributed by atoms with van der Waals surface area (Å²) in [5.41, 5.74) is 1.20. The van der Waals surface area contributed by atoms with Crippen LogP contribution in [0.1, 0.15) is 20.3 Å². The molecule has 0 spiro atoms. The molecule has 0 unspecified atom stereocenters. The van der Waals surface area contributed by atoms with E-state index in [1.165, 1.54) is 5.57 Å². The van der Waals surface area contributed by atoms with Gasteiger partial charge in [0, 0.05) is 0 Å². The van der Waals surface area contributed by atoms with Crippen LogP contribution >= 0.6 is 0 Å². The molecule has 16 heavy (non-hydrogen) atoms. The average molecular weight is 220 g/mol. The summed E-state index contributed by atoms with van der Waals surface area (Å²) in [7, 11) is 1.66. The number of rotatable bonds is 6. The topological polar surface area (TPSA) is 18.5 Å². The van der Waals surface area contributed by atoms with E-state index in [1.54, 1.807) is 7.11 Å². The van der Waals surface area contributed by atoms with Crippen LogP contribution in [-0.2, 0) is 0 Å². The Morgan fingerprint density at radius 3 is 2.31 bits per heavy atom. The maximum Gasteiger partial charge on any atom is 0.119 e. The van der Waals surface area contributed by atoms with E-state index < -0.39 is 0 Å². The number of benzene rings is 1. The monoisotopic (exact) mass is 220 g/mol. The number of ether oxygens (including phenoxy) is 2. The fourth-order valence-electron chi connectivity index (χ4n) is 1.56. The van der Waals surface area contributed by atoms with E-state index >= 15 is 0 Å². The van der Waals surface area contributed by atoms with Gasteiger partial charge in [-0.25, -0.2) is 0 Å². The van der Waals surface area contributed by atoms with E-state index in [4.69, 9.17) is 9.47 Å². The lowest BCUT2D eigenvalue weighted by molar-refractivity contribution is 0.259. The molecule has 0 aliphatic carbocycles. The Bertz CT molecular complexity index is 327. The molecular weight excluding hydrogens is 200 g/mol. The minimum absolute atomic E-state index is 0.500. The van der Waals surface area contributed by atoms with Gasteiger partial charge >= 0.3 is 0 Å². The minimum Gasteiger partial charge on any atom is -0.497 e. The van der Waals surface area contributed by atoms with Crippen molar-refractivity contribution in [2.45, 2.75) is 20.3 Å². The summed E-state index contributed by atoms with van der Waals surface area (Å²) in [6, 6.07) is 7.65. The van der Waals surface area contributed by atoms with Gasteiger partial charge in [0.2, 0.25) is 0 Å². The van der Waals surface area contributed by atoms with Gasteiger partial charge in [-0.05, 0) is 43.5 Å². The molecule has 0 saturated carbocycles. The van der Waals surface area contributed by atoms with Crippen LogP contribution in [0.15, 0.2) is 36.4 Å². The first-order chi connectivity index (χ1) is 7.61. The normalized spacial score (nSPS) is 11.9. The number of hydrogen-bond acceptors (Lipinski definition) is 2. The highest BCUT2D eigenvalue weighted by molar-refractivity contribution is 5.31. The molecule has 0 aliphatic heterocycles. The highest BCUT2D eigenvalue weighted by Gasteiger charge is 2.03. The second-order valence-electron chi connectivity index (χ2n) is 4.25. The molecule has 0 amide bonds. The lowest BCUT2D eigenvalue weighted by atomic mass is 10.0. The van der Waals surface area contributed by atoms with Gasteiger partial charge in [0.05, 0.1) is 13.7 Å². The van der Waals surface area contributed by atoms with E-state index in [0.29, 0.717) is 5.92 Å². The molecule has 0 radical (unpaired) electrons. The van der Waals surface area contributed by atoms with Crippen molar-refractivity contribution < 1.29 is 9.47 Å². The fraction of sp³-hybridized carbons (Fsp3) is 0.429. The third kappa shape index (κ3) is 4.39. The van der Waals surface area contributed by atoms with Gasteiger partial charge < -0.3 is 9.47 Å². The second kappa shape index (κ2) is 6.21. The van der Waals surface area contributed by atoms with E-state index in [1.807, 2.05) is 31.2 Å². The van der Waals surface area contributed by atoms with Gasteiger partial charge in [-0.2, -0.15) is 0 Å². The molecule has 0 fully saturated rings. The smallest absolute Gasteiger partial charge is 0.119 e. The summed E-state index contributed by atoms with van der Waals surface area (Å²) in [5, 5.41) is 0. The van der Waals surface area contributed by atoms with Gasteiger partial charge in [0.15, 0.2) is 0 Å². The van der Waals surface area contributed by atoms with Gasteiger partial charge in [-0.1, -0.05) is 12.5 Å². The maximum absolute atomic E-state index is 5.67. The summed E-state index contributed by atoms with van der Waals surface area (Å²) in [4.78, 5) is 0. The zero-order valence-corrected chi connectivity index (χ0v) is 10.3. The summed E-state index contributed by atoms with van der Waals surface area (Å²) in [6.45, 7) is 8.83. The molecule has 0 aromatic heterocycles. The molecule has 0 bridgehead atoms. The fourth-order valence-corrected chi connectivity index (χ4v) is 1.56. The van der Waals surface area contributed by atoms with Crippen molar-refractivity contribution >= 4 is 0 Å². The Morgan fingerprint density at radius 1 is 1.25 bits per heavy atom. The van der Waals surface area contributed by atoms with Crippen molar-refractivity contribution in [3.8, 4) is 11.5 Å². The average Bonchev–Trinajstić information content (AvgIpc) is 2.26. The SMILES string of the molecule is C=C(C)C[C@@H](C)COc1ccc(OC)cc1. The van der Waals surface area contributed by atoms with Crippen molar-refractivity contribution in [3.63, 3.8) is 0 Å². The first kappa shape index (κ1) is 12.6. The third-order valence-corrected chi connectivity index (χ3v) is 2.29. The minimum atomic E-state index is 0.500. The molecule has 2 heteroatoms. The first-order valence-electron chi connectivity index (χ1n) is 5.53. The quantitative estimate of drug-likeness (QED) is 0.681. The van der Waals surface area contributed by atoms with Crippen molar-refractivity contribution in [1.82, 2.24) is 0 Å². The van der Waals surface area contributed by atoms with Crippen LogP contribution in [0.3, 0.4) is 0 Å². The molecule has 0 aliphatic rings. The van der Waals surface area contributed by atoms with Gasteiger partial charge in [-0.15, -0.1) is 6.58 Å². The highest BCUT2D eigenvalue weighted by Crippen LogP contribution is 2.18. The predicted octanol–water partition coefficient (Wildman–Crippen LogP) is 3.68. The van der Waals surface area contributed by atoms with Crippen LogP contribution < -0.4 is 9.47 Å². The van der Waals surface area contributed by atoms with Crippen LogP contribution in [0.4, 0.5) is 0 Å². The number of hydrogen-bond donors (Lipinski definition) is 0. The van der Waals surface area contributed by atoms with Gasteiger partial charge in [-0.3, -0.25) is 0 Å². The molecule has 0 heterocycles. The molecule has 1 rings (SSSR count). The van der Waals surface area contributed by atoms with Crippen LogP contribution in [0.2, 0.25) is 0 Å².